The smallest absolute Gasteiger partial charge is 0.0219 e. The second-order valence-corrected chi connectivity index (χ2v) is 4.86. The average molecular weight is 218 g/mol. The fraction of sp³-hybridized carbons (Fsp3) is 0.500. The Morgan fingerprint density at radius 3 is 1.88 bits per heavy atom. The minimum absolute atomic E-state index is 0.647. The van der Waals surface area contributed by atoms with Gasteiger partial charge in [-0.05, 0) is 57.2 Å². The van der Waals surface area contributed by atoms with Crippen LogP contribution < -0.4 is 0 Å². The maximum Gasteiger partial charge on any atom is -0.0219 e. The summed E-state index contributed by atoms with van der Waals surface area (Å²) in [5.74, 6) is 0.647. The monoisotopic (exact) mass is 218 g/mol. The maximum atomic E-state index is 2.28. The fourth-order valence-electron chi connectivity index (χ4n) is 1.12. The van der Waals surface area contributed by atoms with Gasteiger partial charge >= 0.3 is 0 Å². The van der Waals surface area contributed by atoms with Crippen molar-refractivity contribution in [3.05, 3.63) is 46.5 Å². The van der Waals surface area contributed by atoms with E-state index in [0.717, 1.165) is 0 Å². The molecular formula is C16H26. The van der Waals surface area contributed by atoms with Gasteiger partial charge in [0.05, 0.1) is 0 Å². The van der Waals surface area contributed by atoms with E-state index >= 15 is 0 Å². The number of hydrogen-bond donors (Lipinski definition) is 0. The van der Waals surface area contributed by atoms with E-state index in [4.69, 9.17) is 0 Å². The molecule has 0 aliphatic rings. The zero-order chi connectivity index (χ0) is 12.7. The van der Waals surface area contributed by atoms with Gasteiger partial charge in [0.25, 0.3) is 0 Å². The molecule has 0 unspecified atom stereocenters. The lowest BCUT2D eigenvalue weighted by atomic mass is 9.99. The van der Waals surface area contributed by atoms with Gasteiger partial charge in [0.2, 0.25) is 0 Å². The van der Waals surface area contributed by atoms with Crippen LogP contribution >= 0.6 is 0 Å². The summed E-state index contributed by atoms with van der Waals surface area (Å²) in [4.78, 5) is 0. The second-order valence-electron chi connectivity index (χ2n) is 4.86. The van der Waals surface area contributed by atoms with E-state index in [1.165, 1.54) is 22.3 Å². The van der Waals surface area contributed by atoms with Gasteiger partial charge in [0.15, 0.2) is 0 Å². The SMILES string of the molecule is CC=C(C)C.Cc1ccc(C(C)C)cc1C. The van der Waals surface area contributed by atoms with Gasteiger partial charge in [-0.2, -0.15) is 0 Å². The highest BCUT2D eigenvalue weighted by atomic mass is 14.0. The molecule has 0 nitrogen and oxygen atoms in total. The Hall–Kier alpha value is -1.04. The molecule has 0 N–H and O–H groups in total. The van der Waals surface area contributed by atoms with Crippen LogP contribution in [0.2, 0.25) is 0 Å². The summed E-state index contributed by atoms with van der Waals surface area (Å²) >= 11 is 0. The standard InChI is InChI=1S/C11H16.C5H10/c1-8(2)11-6-5-9(3)10(4)7-11;1-4-5(2)3/h5-8H,1-4H3;4H,1-3H3. The Bertz CT molecular complexity index is 339. The van der Waals surface area contributed by atoms with Crippen molar-refractivity contribution in [1.29, 1.82) is 0 Å². The highest BCUT2D eigenvalue weighted by Gasteiger charge is 1.99. The molecule has 0 atom stereocenters. The third kappa shape index (κ3) is 5.75. The van der Waals surface area contributed by atoms with Gasteiger partial charge in [-0.1, -0.05) is 43.7 Å². The van der Waals surface area contributed by atoms with Crippen molar-refractivity contribution < 1.29 is 0 Å². The van der Waals surface area contributed by atoms with Gasteiger partial charge in [-0.25, -0.2) is 0 Å². The molecule has 0 heterocycles. The van der Waals surface area contributed by atoms with Crippen LogP contribution in [0.1, 0.15) is 57.2 Å². The fourth-order valence-corrected chi connectivity index (χ4v) is 1.12. The zero-order valence-electron chi connectivity index (χ0n) is 11.9. The van der Waals surface area contributed by atoms with Crippen LogP contribution in [0.25, 0.3) is 0 Å². The molecule has 0 aliphatic heterocycles. The van der Waals surface area contributed by atoms with Crippen molar-refractivity contribution >= 4 is 0 Å². The Morgan fingerprint density at radius 1 is 1.06 bits per heavy atom. The van der Waals surface area contributed by atoms with Crippen LogP contribution in [-0.2, 0) is 0 Å². The van der Waals surface area contributed by atoms with Crippen LogP contribution in [0.5, 0.6) is 0 Å². The molecule has 16 heavy (non-hydrogen) atoms. The minimum Gasteiger partial charge on any atom is -0.0890 e. The Morgan fingerprint density at radius 2 is 1.56 bits per heavy atom. The highest BCUT2D eigenvalue weighted by Crippen LogP contribution is 2.17. The first-order valence-electron chi connectivity index (χ1n) is 6.05. The number of hydrogen-bond acceptors (Lipinski definition) is 0. The molecule has 1 rings (SSSR count). The predicted molar refractivity (Wildman–Crippen MR) is 75.1 cm³/mol. The van der Waals surface area contributed by atoms with Crippen LogP contribution in [-0.4, -0.2) is 0 Å². The maximum absolute atomic E-state index is 2.28. The Labute approximate surface area is 101 Å². The zero-order valence-corrected chi connectivity index (χ0v) is 11.9. The molecule has 0 saturated carbocycles. The molecule has 0 aliphatic carbocycles. The van der Waals surface area contributed by atoms with Crippen LogP contribution in [0.3, 0.4) is 0 Å². The van der Waals surface area contributed by atoms with Gasteiger partial charge < -0.3 is 0 Å². The van der Waals surface area contributed by atoms with E-state index in [0.29, 0.717) is 5.92 Å². The van der Waals surface area contributed by atoms with Gasteiger partial charge in [-0.15, -0.1) is 0 Å². The lowest BCUT2D eigenvalue weighted by Gasteiger charge is -2.07. The number of allylic oxidation sites excluding steroid dienone is 2. The van der Waals surface area contributed by atoms with Crippen molar-refractivity contribution in [2.75, 3.05) is 0 Å². The second kappa shape index (κ2) is 7.27. The van der Waals surface area contributed by atoms with Crippen molar-refractivity contribution in [2.45, 2.75) is 54.4 Å². The van der Waals surface area contributed by atoms with Crippen molar-refractivity contribution in [3.63, 3.8) is 0 Å². The number of rotatable bonds is 1. The summed E-state index contributed by atoms with van der Waals surface area (Å²) < 4.78 is 0. The molecule has 0 aromatic heterocycles. The molecule has 1 aromatic carbocycles. The van der Waals surface area contributed by atoms with Crippen molar-refractivity contribution in [2.24, 2.45) is 0 Å². The average Bonchev–Trinajstić information content (AvgIpc) is 2.22. The third-order valence-corrected chi connectivity index (χ3v) is 2.77. The number of benzene rings is 1. The van der Waals surface area contributed by atoms with Crippen molar-refractivity contribution in [1.82, 2.24) is 0 Å². The van der Waals surface area contributed by atoms with Gasteiger partial charge in [0.1, 0.15) is 0 Å². The summed E-state index contributed by atoms with van der Waals surface area (Å²) in [6.45, 7) is 15.0. The molecule has 90 valence electrons. The van der Waals surface area contributed by atoms with E-state index in [1.807, 2.05) is 6.92 Å². The molecule has 0 radical (unpaired) electrons. The number of aryl methyl sites for hydroxylation is 2. The summed E-state index contributed by atoms with van der Waals surface area (Å²) in [7, 11) is 0. The first kappa shape index (κ1) is 15.0. The summed E-state index contributed by atoms with van der Waals surface area (Å²) in [5, 5.41) is 0. The highest BCUT2D eigenvalue weighted by molar-refractivity contribution is 5.31. The van der Waals surface area contributed by atoms with E-state index in [2.05, 4.69) is 65.8 Å². The van der Waals surface area contributed by atoms with Crippen LogP contribution in [0, 0.1) is 13.8 Å². The molecule has 0 heteroatoms. The lowest BCUT2D eigenvalue weighted by molar-refractivity contribution is 0.864. The summed E-state index contributed by atoms with van der Waals surface area (Å²) in [6, 6.07) is 6.69. The summed E-state index contributed by atoms with van der Waals surface area (Å²) in [5.41, 5.74) is 5.60. The third-order valence-electron chi connectivity index (χ3n) is 2.77. The van der Waals surface area contributed by atoms with Crippen LogP contribution in [0.4, 0.5) is 0 Å². The first-order chi connectivity index (χ1) is 7.38. The van der Waals surface area contributed by atoms with Crippen molar-refractivity contribution in [3.8, 4) is 0 Å². The van der Waals surface area contributed by atoms with E-state index < -0.39 is 0 Å². The molecule has 0 bridgehead atoms. The predicted octanol–water partition coefficient (Wildman–Crippen LogP) is 5.40. The topological polar surface area (TPSA) is 0 Å². The molecule has 0 fully saturated rings. The minimum atomic E-state index is 0.647. The van der Waals surface area contributed by atoms with Crippen LogP contribution in [0.15, 0.2) is 29.8 Å². The molecular weight excluding hydrogens is 192 g/mol. The molecule has 0 amide bonds. The van der Waals surface area contributed by atoms with E-state index in [1.54, 1.807) is 0 Å². The van der Waals surface area contributed by atoms with Gasteiger partial charge in [0, 0.05) is 0 Å². The van der Waals surface area contributed by atoms with Gasteiger partial charge in [-0.3, -0.25) is 0 Å². The Kier molecular flexibility index (Phi) is 6.80. The normalized spacial score (nSPS) is 9.50. The largest absolute Gasteiger partial charge is 0.0890 e. The summed E-state index contributed by atoms with van der Waals surface area (Å²) in [6.07, 6.45) is 2.08. The molecule has 0 spiro atoms. The molecule has 0 saturated heterocycles. The Balaban J connectivity index is 0.000000385. The lowest BCUT2D eigenvalue weighted by Crippen LogP contribution is -1.89. The first-order valence-corrected chi connectivity index (χ1v) is 6.05. The van der Waals surface area contributed by atoms with E-state index in [-0.39, 0.29) is 0 Å². The molecule has 1 aromatic rings. The quantitative estimate of drug-likeness (QED) is 0.554. The van der Waals surface area contributed by atoms with E-state index in [9.17, 15) is 0 Å².